The second-order valence-electron chi connectivity index (χ2n) is 3.73. The van der Waals surface area contributed by atoms with E-state index in [0.29, 0.717) is 6.61 Å². The van der Waals surface area contributed by atoms with Crippen molar-refractivity contribution in [1.29, 1.82) is 0 Å². The lowest BCUT2D eigenvalue weighted by Crippen LogP contribution is -2.26. The molecule has 0 spiro atoms. The number of hydrogen-bond donors (Lipinski definition) is 0. The Morgan fingerprint density at radius 3 is 2.23 bits per heavy atom. The van der Waals surface area contributed by atoms with Crippen LogP contribution in [0, 0.1) is 5.41 Å². The summed E-state index contributed by atoms with van der Waals surface area (Å²) in [5.74, 6) is -0.0709. The maximum absolute atomic E-state index is 11.3. The Hall–Kier alpha value is -0.530. The van der Waals surface area contributed by atoms with Crippen LogP contribution in [0.15, 0.2) is 0 Å². The Kier molecular flexibility index (Phi) is 7.98. The van der Waals surface area contributed by atoms with Crippen molar-refractivity contribution in [2.24, 2.45) is 5.41 Å². The van der Waals surface area contributed by atoms with Crippen LogP contribution in [0.5, 0.6) is 0 Å². The topological polar surface area (TPSA) is 26.3 Å². The molecule has 0 aliphatic carbocycles. The van der Waals surface area contributed by atoms with E-state index in [1.165, 1.54) is 0 Å². The number of esters is 1. The average Bonchev–Trinajstić information content (AvgIpc) is 2.05. The van der Waals surface area contributed by atoms with Crippen LogP contribution in [-0.4, -0.2) is 12.6 Å². The first-order valence-corrected chi connectivity index (χ1v) is 4.71. The smallest absolute Gasteiger partial charge is 0.311 e. The highest BCUT2D eigenvalue weighted by Crippen LogP contribution is 2.21. The second kappa shape index (κ2) is 6.93. The number of rotatable bonds is 5. The summed E-state index contributed by atoms with van der Waals surface area (Å²) in [5, 5.41) is 0. The van der Waals surface area contributed by atoms with Gasteiger partial charge < -0.3 is 4.74 Å². The molecule has 0 atom stereocenters. The van der Waals surface area contributed by atoms with E-state index in [0.717, 1.165) is 19.3 Å². The van der Waals surface area contributed by atoms with Crippen molar-refractivity contribution in [2.75, 3.05) is 6.61 Å². The molecule has 0 aliphatic rings. The molecule has 0 aromatic carbocycles. The van der Waals surface area contributed by atoms with Gasteiger partial charge in [0.25, 0.3) is 0 Å². The van der Waals surface area contributed by atoms with E-state index in [9.17, 15) is 4.79 Å². The van der Waals surface area contributed by atoms with Crippen LogP contribution in [-0.2, 0) is 9.53 Å². The minimum Gasteiger partial charge on any atom is -0.465 e. The average molecular weight is 188 g/mol. The molecule has 0 aromatic heterocycles. The van der Waals surface area contributed by atoms with E-state index >= 15 is 0 Å². The van der Waals surface area contributed by atoms with Gasteiger partial charge in [-0.1, -0.05) is 27.7 Å². The van der Waals surface area contributed by atoms with Crippen molar-refractivity contribution < 1.29 is 9.53 Å². The van der Waals surface area contributed by atoms with Gasteiger partial charge in [-0.3, -0.25) is 4.79 Å². The van der Waals surface area contributed by atoms with Crippen molar-refractivity contribution in [3.05, 3.63) is 0 Å². The predicted molar refractivity (Wildman–Crippen MR) is 56.7 cm³/mol. The molecule has 13 heavy (non-hydrogen) atoms. The maximum Gasteiger partial charge on any atom is 0.311 e. The van der Waals surface area contributed by atoms with E-state index < -0.39 is 0 Å². The highest BCUT2D eigenvalue weighted by molar-refractivity contribution is 5.75. The molecule has 80 valence electrons. The number of hydrogen-bond acceptors (Lipinski definition) is 2. The van der Waals surface area contributed by atoms with Gasteiger partial charge in [0, 0.05) is 0 Å². The quantitative estimate of drug-likeness (QED) is 0.488. The zero-order valence-corrected chi connectivity index (χ0v) is 8.64. The molecule has 0 rings (SSSR count). The van der Waals surface area contributed by atoms with Gasteiger partial charge in [-0.25, -0.2) is 0 Å². The molecule has 0 amide bonds. The molecule has 0 unspecified atom stereocenters. The van der Waals surface area contributed by atoms with Gasteiger partial charge in [0.1, 0.15) is 0 Å². The summed E-state index contributed by atoms with van der Waals surface area (Å²) in [7, 11) is 0. The highest BCUT2D eigenvalue weighted by atomic mass is 16.5. The lowest BCUT2D eigenvalue weighted by molar-refractivity contribution is -0.154. The third-order valence-electron chi connectivity index (χ3n) is 2.17. The Labute approximate surface area is 82.7 Å². The number of unbranched alkanes of at least 4 members (excludes halogenated alkanes) is 1. The molecule has 0 bridgehead atoms. The highest BCUT2D eigenvalue weighted by Gasteiger charge is 2.26. The fraction of sp³-hybridized carbons (Fsp3) is 0.909. The van der Waals surface area contributed by atoms with Crippen molar-refractivity contribution in [3.8, 4) is 0 Å². The summed E-state index contributed by atoms with van der Waals surface area (Å²) in [4.78, 5) is 11.3. The van der Waals surface area contributed by atoms with Crippen LogP contribution in [0.1, 0.15) is 54.4 Å². The molecule has 0 saturated carbocycles. The van der Waals surface area contributed by atoms with Crippen molar-refractivity contribution in [1.82, 2.24) is 0 Å². The summed E-state index contributed by atoms with van der Waals surface area (Å²) in [5.41, 5.74) is -0.312. The first-order valence-electron chi connectivity index (χ1n) is 4.71. The van der Waals surface area contributed by atoms with Crippen LogP contribution in [0.25, 0.3) is 0 Å². The van der Waals surface area contributed by atoms with Crippen LogP contribution < -0.4 is 0 Å². The number of carbonyl (C=O) groups is 1. The molecular formula is C11H24O2. The van der Waals surface area contributed by atoms with Gasteiger partial charge in [-0.05, 0) is 26.7 Å². The van der Waals surface area contributed by atoms with E-state index in [-0.39, 0.29) is 18.8 Å². The lowest BCUT2D eigenvalue weighted by atomic mass is 9.91. The third-order valence-corrected chi connectivity index (χ3v) is 2.17. The van der Waals surface area contributed by atoms with Crippen molar-refractivity contribution in [3.63, 3.8) is 0 Å². The van der Waals surface area contributed by atoms with Gasteiger partial charge in [-0.2, -0.15) is 0 Å². The molecule has 0 aromatic rings. The molecule has 2 nitrogen and oxygen atoms in total. The summed E-state index contributed by atoms with van der Waals surface area (Å²) < 4.78 is 5.10. The predicted octanol–water partition coefficient (Wildman–Crippen LogP) is 3.40. The largest absolute Gasteiger partial charge is 0.465 e. The van der Waals surface area contributed by atoms with Crippen molar-refractivity contribution in [2.45, 2.75) is 54.4 Å². The summed E-state index contributed by atoms with van der Waals surface area (Å²) >= 11 is 0. The molecule has 2 heteroatoms. The zero-order valence-electron chi connectivity index (χ0n) is 8.64. The maximum atomic E-state index is 11.3. The molecule has 0 N–H and O–H groups in total. The molecular weight excluding hydrogens is 164 g/mol. The molecule has 0 fully saturated rings. The molecule has 0 saturated heterocycles. The van der Waals surface area contributed by atoms with Gasteiger partial charge in [-0.15, -0.1) is 0 Å². The summed E-state index contributed by atoms with van der Waals surface area (Å²) in [6.45, 7) is 8.49. The second-order valence-corrected chi connectivity index (χ2v) is 3.73. The van der Waals surface area contributed by atoms with E-state index in [4.69, 9.17) is 4.74 Å². The van der Waals surface area contributed by atoms with Crippen LogP contribution >= 0.6 is 0 Å². The number of ether oxygens (including phenoxy) is 1. The van der Waals surface area contributed by atoms with Crippen LogP contribution in [0.3, 0.4) is 0 Å². The monoisotopic (exact) mass is 188 g/mol. The van der Waals surface area contributed by atoms with Crippen LogP contribution in [0.2, 0.25) is 0 Å². The Bertz CT molecular complexity index is 139. The standard InChI is InChI=1S/C10H20O2.CH4/c1-5-7-8-12-9(11)10(3,4)6-2;/h5-8H2,1-4H3;1H4. The van der Waals surface area contributed by atoms with Crippen molar-refractivity contribution >= 4 is 5.97 Å². The molecule has 0 heterocycles. The lowest BCUT2D eigenvalue weighted by Gasteiger charge is -2.19. The fourth-order valence-electron chi connectivity index (χ4n) is 0.649. The third kappa shape index (κ3) is 5.67. The Balaban J connectivity index is 0. The first kappa shape index (κ1) is 15.0. The van der Waals surface area contributed by atoms with E-state index in [1.54, 1.807) is 0 Å². The Morgan fingerprint density at radius 2 is 1.85 bits per heavy atom. The molecule has 0 radical (unpaired) electrons. The number of carbonyl (C=O) groups excluding carboxylic acids is 1. The summed E-state index contributed by atoms with van der Waals surface area (Å²) in [6.07, 6.45) is 2.86. The van der Waals surface area contributed by atoms with Gasteiger partial charge >= 0.3 is 5.97 Å². The van der Waals surface area contributed by atoms with E-state index in [2.05, 4.69) is 6.92 Å². The van der Waals surface area contributed by atoms with Crippen LogP contribution in [0.4, 0.5) is 0 Å². The first-order chi connectivity index (χ1) is 5.54. The minimum atomic E-state index is -0.312. The van der Waals surface area contributed by atoms with Gasteiger partial charge in [0.15, 0.2) is 0 Å². The summed E-state index contributed by atoms with van der Waals surface area (Å²) in [6, 6.07) is 0. The zero-order chi connectivity index (χ0) is 9.61. The SMILES string of the molecule is C.CCCCOC(=O)C(C)(C)CC. The normalized spacial score (nSPS) is 10.5. The van der Waals surface area contributed by atoms with Gasteiger partial charge in [0.2, 0.25) is 0 Å². The van der Waals surface area contributed by atoms with Gasteiger partial charge in [0.05, 0.1) is 12.0 Å². The fourth-order valence-corrected chi connectivity index (χ4v) is 0.649. The Morgan fingerprint density at radius 1 is 1.31 bits per heavy atom. The molecule has 0 aliphatic heterocycles. The van der Waals surface area contributed by atoms with E-state index in [1.807, 2.05) is 20.8 Å². The minimum absolute atomic E-state index is 0.